The molecule has 6 heteroatoms. The zero-order valence-corrected chi connectivity index (χ0v) is 16.5. The third kappa shape index (κ3) is 6.67. The fourth-order valence-corrected chi connectivity index (χ4v) is 2.73. The van der Waals surface area contributed by atoms with Crippen LogP contribution < -0.4 is 16.0 Å². The Morgan fingerprint density at radius 2 is 1.81 bits per heavy atom. The zero-order valence-electron chi connectivity index (χ0n) is 16.5. The number of aliphatic imine (C=N–C) groups is 1. The van der Waals surface area contributed by atoms with E-state index in [0.29, 0.717) is 19.6 Å². The molecule has 144 valence electrons. The average molecular weight is 360 g/mol. The first-order valence-corrected chi connectivity index (χ1v) is 9.54. The maximum Gasteiger partial charge on any atom is 0.223 e. The lowest BCUT2D eigenvalue weighted by Crippen LogP contribution is -2.42. The molecule has 0 aromatic heterocycles. The first-order valence-electron chi connectivity index (χ1n) is 9.54. The van der Waals surface area contributed by atoms with Crippen LogP contribution >= 0.6 is 0 Å². The Balaban J connectivity index is 1.87. The van der Waals surface area contributed by atoms with E-state index in [2.05, 4.69) is 73.1 Å². The van der Waals surface area contributed by atoms with Crippen molar-refractivity contribution in [1.82, 2.24) is 20.9 Å². The molecule has 1 aliphatic rings. The Morgan fingerprint density at radius 3 is 2.38 bits per heavy atom. The van der Waals surface area contributed by atoms with Gasteiger partial charge in [0.15, 0.2) is 5.96 Å². The number of carbonyl (C=O) groups excluding carboxylic acids is 1. The number of guanidine groups is 1. The van der Waals surface area contributed by atoms with Crippen LogP contribution in [0.15, 0.2) is 29.3 Å². The molecule has 1 saturated carbocycles. The van der Waals surface area contributed by atoms with Crippen molar-refractivity contribution in [3.05, 3.63) is 35.4 Å². The fourth-order valence-electron chi connectivity index (χ4n) is 2.73. The van der Waals surface area contributed by atoms with Crippen LogP contribution in [0.3, 0.4) is 0 Å². The first kappa shape index (κ1) is 20.2. The highest BCUT2D eigenvalue weighted by molar-refractivity contribution is 5.81. The topological polar surface area (TPSA) is 68.8 Å². The van der Waals surface area contributed by atoms with Crippen molar-refractivity contribution >= 4 is 11.9 Å². The zero-order chi connectivity index (χ0) is 18.9. The van der Waals surface area contributed by atoms with E-state index in [1.807, 2.05) is 0 Å². The van der Waals surface area contributed by atoms with E-state index >= 15 is 0 Å². The van der Waals surface area contributed by atoms with Gasteiger partial charge in [-0.3, -0.25) is 9.79 Å². The predicted molar refractivity (Wildman–Crippen MR) is 107 cm³/mol. The summed E-state index contributed by atoms with van der Waals surface area (Å²) in [7, 11) is 4.15. The summed E-state index contributed by atoms with van der Waals surface area (Å²) in [6.07, 6.45) is 2.07. The molecule has 0 radical (unpaired) electrons. The number of carbonyl (C=O) groups is 1. The molecule has 3 N–H and O–H groups in total. The third-order valence-electron chi connectivity index (χ3n) is 4.52. The van der Waals surface area contributed by atoms with Gasteiger partial charge in [0.1, 0.15) is 0 Å². The molecule has 0 aliphatic heterocycles. The number of likely N-dealkylation sites (N-methyl/N-ethyl adjacent to an activating group) is 1. The van der Waals surface area contributed by atoms with Gasteiger partial charge in [0.25, 0.3) is 0 Å². The van der Waals surface area contributed by atoms with Crippen molar-refractivity contribution < 1.29 is 4.79 Å². The number of hydrogen-bond donors (Lipinski definition) is 3. The highest BCUT2D eigenvalue weighted by Gasteiger charge is 2.28. The van der Waals surface area contributed by atoms with Gasteiger partial charge in [-0.25, -0.2) is 0 Å². The van der Waals surface area contributed by atoms with Crippen LogP contribution in [0.5, 0.6) is 0 Å². The van der Waals surface area contributed by atoms with E-state index in [1.165, 1.54) is 11.1 Å². The summed E-state index contributed by atoms with van der Waals surface area (Å²) in [4.78, 5) is 18.6. The molecule has 0 spiro atoms. The largest absolute Gasteiger partial charge is 0.357 e. The smallest absolute Gasteiger partial charge is 0.223 e. The van der Waals surface area contributed by atoms with Crippen molar-refractivity contribution in [1.29, 1.82) is 0 Å². The van der Waals surface area contributed by atoms with Gasteiger partial charge in [-0.15, -0.1) is 0 Å². The molecule has 1 unspecified atom stereocenters. The van der Waals surface area contributed by atoms with E-state index < -0.39 is 0 Å². The summed E-state index contributed by atoms with van der Waals surface area (Å²) in [5, 5.41) is 9.53. The summed E-state index contributed by atoms with van der Waals surface area (Å²) in [5.74, 6) is 1.22. The number of nitrogens with zero attached hydrogens (tertiary/aromatic N) is 2. The second-order valence-corrected chi connectivity index (χ2v) is 7.10. The lowest BCUT2D eigenvalue weighted by Gasteiger charge is -2.24. The molecule has 6 nitrogen and oxygen atoms in total. The minimum Gasteiger partial charge on any atom is -0.357 e. The van der Waals surface area contributed by atoms with Gasteiger partial charge in [0.2, 0.25) is 5.91 Å². The van der Waals surface area contributed by atoms with Crippen LogP contribution in [0.2, 0.25) is 0 Å². The molecular weight excluding hydrogens is 326 g/mol. The molecule has 0 heterocycles. The van der Waals surface area contributed by atoms with Gasteiger partial charge in [0, 0.05) is 25.6 Å². The molecule has 26 heavy (non-hydrogen) atoms. The second-order valence-electron chi connectivity index (χ2n) is 7.10. The Morgan fingerprint density at radius 1 is 1.15 bits per heavy atom. The molecule has 1 amide bonds. The van der Waals surface area contributed by atoms with Crippen molar-refractivity contribution in [2.24, 2.45) is 10.9 Å². The predicted octanol–water partition coefficient (Wildman–Crippen LogP) is 1.68. The maximum atomic E-state index is 11.7. The number of amides is 1. The Labute approximate surface area is 157 Å². The van der Waals surface area contributed by atoms with Gasteiger partial charge in [-0.1, -0.05) is 29.8 Å². The highest BCUT2D eigenvalue weighted by atomic mass is 16.2. The van der Waals surface area contributed by atoms with Gasteiger partial charge in [-0.2, -0.15) is 0 Å². The molecule has 1 aromatic rings. The lowest BCUT2D eigenvalue weighted by molar-refractivity contribution is -0.122. The van der Waals surface area contributed by atoms with E-state index in [1.54, 1.807) is 0 Å². The summed E-state index contributed by atoms with van der Waals surface area (Å²) < 4.78 is 0. The molecule has 1 aliphatic carbocycles. The van der Waals surface area contributed by atoms with E-state index in [9.17, 15) is 4.79 Å². The SMILES string of the molecule is CCNC(=NCC(c1ccc(C)cc1)N(C)C)NCCNC(=O)C1CC1. The summed E-state index contributed by atoms with van der Waals surface area (Å²) in [6.45, 7) is 6.91. The molecule has 1 aromatic carbocycles. The van der Waals surface area contributed by atoms with Crippen LogP contribution in [0.25, 0.3) is 0 Å². The molecule has 0 bridgehead atoms. The van der Waals surface area contributed by atoms with Crippen LogP contribution in [-0.4, -0.2) is 57.0 Å². The average Bonchev–Trinajstić information content (AvgIpc) is 3.45. The summed E-state index contributed by atoms with van der Waals surface area (Å²) >= 11 is 0. The van der Waals surface area contributed by atoms with Crippen molar-refractivity contribution in [3.63, 3.8) is 0 Å². The van der Waals surface area contributed by atoms with Crippen LogP contribution in [-0.2, 0) is 4.79 Å². The van der Waals surface area contributed by atoms with Crippen molar-refractivity contribution in [3.8, 4) is 0 Å². The van der Waals surface area contributed by atoms with Gasteiger partial charge in [-0.05, 0) is 46.3 Å². The first-order chi connectivity index (χ1) is 12.5. The molecule has 1 fully saturated rings. The van der Waals surface area contributed by atoms with E-state index in [-0.39, 0.29) is 17.9 Å². The van der Waals surface area contributed by atoms with Crippen molar-refractivity contribution in [2.75, 3.05) is 40.3 Å². The van der Waals surface area contributed by atoms with Crippen LogP contribution in [0.1, 0.15) is 36.9 Å². The quantitative estimate of drug-likeness (QED) is 0.356. The summed E-state index contributed by atoms with van der Waals surface area (Å²) in [6, 6.07) is 8.84. The third-order valence-corrected chi connectivity index (χ3v) is 4.52. The number of hydrogen-bond acceptors (Lipinski definition) is 3. The number of rotatable bonds is 9. The second kappa shape index (κ2) is 10.2. The number of aryl methyl sites for hydroxylation is 1. The maximum absolute atomic E-state index is 11.7. The Bertz CT molecular complexity index is 593. The molecular formula is C20H33N5O. The summed E-state index contributed by atoms with van der Waals surface area (Å²) in [5.41, 5.74) is 2.52. The Kier molecular flexibility index (Phi) is 7.91. The lowest BCUT2D eigenvalue weighted by atomic mass is 10.0. The standard InChI is InChI=1S/C20H33N5O/c1-5-21-20(23-13-12-22-19(26)17-10-11-17)24-14-18(25(3)4)16-8-6-15(2)7-9-16/h6-9,17-18H,5,10-14H2,1-4H3,(H,22,26)(H2,21,23,24). The fraction of sp³-hybridized carbons (Fsp3) is 0.600. The molecule has 0 saturated heterocycles. The normalized spacial score (nSPS) is 15.7. The van der Waals surface area contributed by atoms with Gasteiger partial charge < -0.3 is 20.9 Å². The van der Waals surface area contributed by atoms with E-state index in [0.717, 1.165) is 25.3 Å². The van der Waals surface area contributed by atoms with Gasteiger partial charge >= 0.3 is 0 Å². The van der Waals surface area contributed by atoms with Crippen LogP contribution in [0.4, 0.5) is 0 Å². The molecule has 2 rings (SSSR count). The molecule has 1 atom stereocenters. The van der Waals surface area contributed by atoms with Gasteiger partial charge in [0.05, 0.1) is 12.6 Å². The van der Waals surface area contributed by atoms with Crippen molar-refractivity contribution in [2.45, 2.75) is 32.7 Å². The number of benzene rings is 1. The monoisotopic (exact) mass is 359 g/mol. The highest BCUT2D eigenvalue weighted by Crippen LogP contribution is 2.28. The number of nitrogens with one attached hydrogen (secondary N) is 3. The minimum absolute atomic E-state index is 0.181. The van der Waals surface area contributed by atoms with Crippen LogP contribution in [0, 0.1) is 12.8 Å². The minimum atomic E-state index is 0.181. The Hall–Kier alpha value is -2.08. The van der Waals surface area contributed by atoms with E-state index in [4.69, 9.17) is 4.99 Å².